The minimum Gasteiger partial charge on any atom is -0.461 e. The first-order valence-corrected chi connectivity index (χ1v) is 3.11. The van der Waals surface area contributed by atoms with Gasteiger partial charge in [-0.15, -0.1) is 0 Å². The molecule has 0 bridgehead atoms. The molecule has 0 saturated heterocycles. The van der Waals surface area contributed by atoms with Crippen LogP contribution in [0, 0.1) is 5.95 Å². The van der Waals surface area contributed by atoms with Crippen LogP contribution < -0.4 is 0 Å². The lowest BCUT2D eigenvalue weighted by molar-refractivity contribution is 0.0514. The fourth-order valence-electron chi connectivity index (χ4n) is 0.620. The lowest BCUT2D eigenvalue weighted by Crippen LogP contribution is -2.06. The second-order valence-corrected chi connectivity index (χ2v) is 1.79. The van der Waals surface area contributed by atoms with Crippen LogP contribution in [0.3, 0.4) is 0 Å². The van der Waals surface area contributed by atoms with Crippen LogP contribution in [-0.4, -0.2) is 22.5 Å². The van der Waals surface area contributed by atoms with E-state index in [9.17, 15) is 9.18 Å². The summed E-state index contributed by atoms with van der Waals surface area (Å²) in [6, 6.07) is 0. The molecule has 0 unspecified atom stereocenters. The minimum atomic E-state index is -0.761. The largest absolute Gasteiger partial charge is 0.461 e. The van der Waals surface area contributed by atoms with Gasteiger partial charge in [0, 0.05) is 0 Å². The van der Waals surface area contributed by atoms with Gasteiger partial charge in [0.15, 0.2) is 0 Å². The number of ether oxygens (including phenoxy) is 1. The Hall–Kier alpha value is -1.39. The average Bonchev–Trinajstić information content (AvgIpc) is 2.36. The molecular formula is C6H7FN2O2. The van der Waals surface area contributed by atoms with Gasteiger partial charge in [0.2, 0.25) is 11.6 Å². The highest BCUT2D eigenvalue weighted by molar-refractivity contribution is 5.87. The van der Waals surface area contributed by atoms with Gasteiger partial charge in [-0.05, 0) is 6.92 Å². The molecule has 0 saturated carbocycles. The van der Waals surface area contributed by atoms with E-state index in [4.69, 9.17) is 0 Å². The maximum atomic E-state index is 12.5. The molecule has 0 aliphatic carbocycles. The quantitative estimate of drug-likeness (QED) is 0.645. The van der Waals surface area contributed by atoms with Crippen LogP contribution in [0.15, 0.2) is 6.33 Å². The zero-order valence-electron chi connectivity index (χ0n) is 5.93. The molecule has 5 heteroatoms. The van der Waals surface area contributed by atoms with Crippen molar-refractivity contribution in [3.05, 3.63) is 18.0 Å². The van der Waals surface area contributed by atoms with Crippen LogP contribution in [0.5, 0.6) is 0 Å². The summed E-state index contributed by atoms with van der Waals surface area (Å²) in [7, 11) is 0. The van der Waals surface area contributed by atoms with E-state index >= 15 is 0 Å². The van der Waals surface area contributed by atoms with E-state index in [0.29, 0.717) is 0 Å². The Morgan fingerprint density at radius 2 is 2.64 bits per heavy atom. The van der Waals surface area contributed by atoms with Gasteiger partial charge < -0.3 is 9.72 Å². The number of imidazole rings is 1. The number of nitrogens with zero attached hydrogens (tertiary/aromatic N) is 1. The monoisotopic (exact) mass is 158 g/mol. The molecule has 11 heavy (non-hydrogen) atoms. The molecule has 0 aliphatic rings. The van der Waals surface area contributed by atoms with Crippen LogP contribution >= 0.6 is 0 Å². The topological polar surface area (TPSA) is 55.0 Å². The summed E-state index contributed by atoms with van der Waals surface area (Å²) in [5.74, 6) is -1.50. The molecule has 0 aliphatic heterocycles. The molecule has 1 heterocycles. The Balaban J connectivity index is 2.76. The molecule has 0 fully saturated rings. The first-order valence-electron chi connectivity index (χ1n) is 3.11. The number of H-pyrrole nitrogens is 1. The molecule has 0 radical (unpaired) electrons. The van der Waals surface area contributed by atoms with Gasteiger partial charge >= 0.3 is 5.97 Å². The van der Waals surface area contributed by atoms with Crippen LogP contribution in [-0.2, 0) is 4.74 Å². The smallest absolute Gasteiger partial charge is 0.361 e. The molecule has 1 aromatic rings. The van der Waals surface area contributed by atoms with Crippen molar-refractivity contribution in [1.29, 1.82) is 0 Å². The maximum Gasteiger partial charge on any atom is 0.361 e. The number of nitrogens with one attached hydrogen (secondary N) is 1. The van der Waals surface area contributed by atoms with E-state index in [0.717, 1.165) is 6.33 Å². The summed E-state index contributed by atoms with van der Waals surface area (Å²) in [5, 5.41) is 0. The maximum absolute atomic E-state index is 12.5. The predicted molar refractivity (Wildman–Crippen MR) is 34.5 cm³/mol. The Kier molecular flexibility index (Phi) is 2.20. The second kappa shape index (κ2) is 3.14. The summed E-state index contributed by atoms with van der Waals surface area (Å²) in [6.45, 7) is 1.85. The van der Waals surface area contributed by atoms with Crippen molar-refractivity contribution in [3.63, 3.8) is 0 Å². The number of rotatable bonds is 2. The molecule has 60 valence electrons. The molecule has 1 N–H and O–H groups in total. The molecule has 1 rings (SSSR count). The number of carbonyl (C=O) groups is 1. The summed E-state index contributed by atoms with van der Waals surface area (Å²) in [4.78, 5) is 16.3. The third-order valence-corrected chi connectivity index (χ3v) is 1.06. The molecular weight excluding hydrogens is 151 g/mol. The summed E-state index contributed by atoms with van der Waals surface area (Å²) < 4.78 is 17.0. The van der Waals surface area contributed by atoms with Crippen molar-refractivity contribution < 1.29 is 13.9 Å². The molecule has 4 nitrogen and oxygen atoms in total. The minimum absolute atomic E-state index is 0.213. The molecule has 0 atom stereocenters. The number of esters is 1. The van der Waals surface area contributed by atoms with E-state index in [1.807, 2.05) is 0 Å². The van der Waals surface area contributed by atoms with E-state index in [1.54, 1.807) is 6.92 Å². The average molecular weight is 158 g/mol. The number of halogens is 1. The van der Waals surface area contributed by atoms with Gasteiger partial charge in [-0.3, -0.25) is 0 Å². The number of aromatic nitrogens is 2. The van der Waals surface area contributed by atoms with Crippen LogP contribution in [0.2, 0.25) is 0 Å². The van der Waals surface area contributed by atoms with Gasteiger partial charge in [-0.25, -0.2) is 9.78 Å². The molecule has 1 aromatic heterocycles. The summed E-state index contributed by atoms with van der Waals surface area (Å²) in [5.41, 5.74) is -0.299. The Morgan fingerprint density at radius 3 is 3.09 bits per heavy atom. The van der Waals surface area contributed by atoms with Crippen molar-refractivity contribution in [3.8, 4) is 0 Å². The highest BCUT2D eigenvalue weighted by Gasteiger charge is 2.14. The van der Waals surface area contributed by atoms with Gasteiger partial charge in [0.05, 0.1) is 12.9 Å². The van der Waals surface area contributed by atoms with Crippen molar-refractivity contribution in [2.75, 3.05) is 6.61 Å². The standard InChI is InChI=1S/C6H7FN2O2/c1-2-11-6(10)4-5(7)9-3-8-4/h3H,2H2,1H3,(H,8,9). The predicted octanol–water partition coefficient (Wildman–Crippen LogP) is 0.726. The Morgan fingerprint density at radius 1 is 1.91 bits per heavy atom. The third kappa shape index (κ3) is 1.54. The molecule has 0 aromatic carbocycles. The fraction of sp³-hybridized carbons (Fsp3) is 0.333. The van der Waals surface area contributed by atoms with Gasteiger partial charge in [-0.2, -0.15) is 4.39 Å². The van der Waals surface area contributed by atoms with E-state index < -0.39 is 11.9 Å². The highest BCUT2D eigenvalue weighted by Crippen LogP contribution is 2.01. The number of hydrogen-bond donors (Lipinski definition) is 1. The van der Waals surface area contributed by atoms with Gasteiger partial charge in [0.1, 0.15) is 0 Å². The number of hydrogen-bond acceptors (Lipinski definition) is 3. The number of carbonyl (C=O) groups excluding carboxylic acids is 1. The zero-order chi connectivity index (χ0) is 8.27. The van der Waals surface area contributed by atoms with Crippen molar-refractivity contribution in [2.24, 2.45) is 0 Å². The third-order valence-electron chi connectivity index (χ3n) is 1.06. The van der Waals surface area contributed by atoms with Gasteiger partial charge in [-0.1, -0.05) is 0 Å². The molecule has 0 spiro atoms. The summed E-state index contributed by atoms with van der Waals surface area (Å²) >= 11 is 0. The van der Waals surface area contributed by atoms with Crippen LogP contribution in [0.1, 0.15) is 17.4 Å². The normalized spacial score (nSPS) is 9.64. The Labute approximate surface area is 62.4 Å². The van der Waals surface area contributed by atoms with E-state index in [2.05, 4.69) is 14.7 Å². The zero-order valence-corrected chi connectivity index (χ0v) is 5.93. The van der Waals surface area contributed by atoms with Gasteiger partial charge in [0.25, 0.3) is 0 Å². The lowest BCUT2D eigenvalue weighted by atomic mass is 10.5. The number of aromatic amines is 1. The SMILES string of the molecule is CCOC(=O)c1nc[nH]c1F. The van der Waals surface area contributed by atoms with E-state index in [-0.39, 0.29) is 12.3 Å². The van der Waals surface area contributed by atoms with Crippen molar-refractivity contribution in [2.45, 2.75) is 6.92 Å². The fourth-order valence-corrected chi connectivity index (χ4v) is 0.620. The first-order chi connectivity index (χ1) is 5.25. The second-order valence-electron chi connectivity index (χ2n) is 1.79. The Bertz CT molecular complexity index is 259. The van der Waals surface area contributed by atoms with Crippen LogP contribution in [0.4, 0.5) is 4.39 Å². The van der Waals surface area contributed by atoms with E-state index in [1.165, 1.54) is 0 Å². The first kappa shape index (κ1) is 7.71. The van der Waals surface area contributed by atoms with Crippen LogP contribution in [0.25, 0.3) is 0 Å². The van der Waals surface area contributed by atoms with Crippen molar-refractivity contribution in [1.82, 2.24) is 9.97 Å². The van der Waals surface area contributed by atoms with Crippen molar-refractivity contribution >= 4 is 5.97 Å². The molecule has 0 amide bonds. The highest BCUT2D eigenvalue weighted by atomic mass is 19.1. The lowest BCUT2D eigenvalue weighted by Gasteiger charge is -1.95. The summed E-state index contributed by atoms with van der Waals surface area (Å²) in [6.07, 6.45) is 1.10.